The van der Waals surface area contributed by atoms with Crippen LogP contribution in [0.5, 0.6) is 0 Å². The maximum Gasteiger partial charge on any atom is 3.00 e. The Hall–Kier alpha value is -0.877. The Bertz CT molecular complexity index is 880. The Morgan fingerprint density at radius 1 is 0.846 bits per heavy atom. The van der Waals surface area contributed by atoms with E-state index in [1.165, 1.54) is 46.2 Å². The summed E-state index contributed by atoms with van der Waals surface area (Å²) in [6.07, 6.45) is 16.2. The van der Waals surface area contributed by atoms with Gasteiger partial charge in [0, 0.05) is 5.92 Å². The first-order valence-electron chi connectivity index (χ1n) is 8.60. The van der Waals surface area contributed by atoms with E-state index in [4.69, 9.17) is 0 Å². The second-order valence-corrected chi connectivity index (χ2v) is 6.70. The zero-order valence-electron chi connectivity index (χ0n) is 14.4. The maximum atomic E-state index is 3.53. The van der Waals surface area contributed by atoms with Crippen molar-refractivity contribution in [2.75, 3.05) is 0 Å². The molecule has 0 bridgehead atoms. The first-order valence-corrected chi connectivity index (χ1v) is 8.60. The molecule has 5 rings (SSSR count). The largest absolute Gasteiger partial charge is 3.00 e. The molecule has 2 aromatic rings. The molecule has 26 heavy (non-hydrogen) atoms. The molecule has 0 nitrogen and oxygen atoms in total. The molecule has 1 radical (unpaired) electrons. The number of benzene rings is 2. The van der Waals surface area contributed by atoms with Gasteiger partial charge in [-0.2, -0.15) is 17.7 Å². The second-order valence-electron chi connectivity index (χ2n) is 6.70. The van der Waals surface area contributed by atoms with Crippen molar-refractivity contribution >= 4 is 5.57 Å². The number of halogens is 2. The van der Waals surface area contributed by atoms with E-state index in [0.717, 1.165) is 6.42 Å². The molecule has 0 aliphatic heterocycles. The minimum absolute atomic E-state index is 0. The van der Waals surface area contributed by atoms with Crippen LogP contribution in [0.2, 0.25) is 0 Å². The summed E-state index contributed by atoms with van der Waals surface area (Å²) in [5.74, 6) is 1.13. The van der Waals surface area contributed by atoms with E-state index in [9.17, 15) is 0 Å². The fourth-order valence-electron chi connectivity index (χ4n) is 4.51. The van der Waals surface area contributed by atoms with Gasteiger partial charge in [0.25, 0.3) is 0 Å². The smallest absolute Gasteiger partial charge is 1.00 e. The van der Waals surface area contributed by atoms with Gasteiger partial charge in [0.2, 0.25) is 0 Å². The molecule has 3 aliphatic carbocycles. The van der Waals surface area contributed by atoms with Crippen molar-refractivity contribution in [2.24, 2.45) is 5.92 Å². The molecule has 0 aromatic heterocycles. The molecule has 129 valence electrons. The maximum absolute atomic E-state index is 3.53. The molecule has 0 N–H and O–H groups in total. The third kappa shape index (κ3) is 3.35. The Morgan fingerprint density at radius 3 is 2.35 bits per heavy atom. The Balaban J connectivity index is 0.000000810. The molecular weight excluding hydrogens is 438 g/mol. The normalized spacial score (nSPS) is 21.2. The molecule has 3 aliphatic rings. The van der Waals surface area contributed by atoms with Gasteiger partial charge in [-0.1, -0.05) is 60.5 Å². The minimum atomic E-state index is 0. The number of allylic oxidation sites excluding steroid dienone is 6. The Labute approximate surface area is 187 Å². The fraction of sp³-hybridized carbons (Fsp3) is 0.217. The zero-order chi connectivity index (χ0) is 15.2. The molecule has 0 spiro atoms. The van der Waals surface area contributed by atoms with E-state index < -0.39 is 0 Å². The molecule has 0 amide bonds. The fourth-order valence-corrected chi connectivity index (χ4v) is 4.51. The average molecular weight is 458 g/mol. The predicted octanol–water partition coefficient (Wildman–Crippen LogP) is -0.0829. The van der Waals surface area contributed by atoms with E-state index in [2.05, 4.69) is 72.8 Å². The second kappa shape index (κ2) is 8.87. The molecule has 2 unspecified atom stereocenters. The summed E-state index contributed by atoms with van der Waals surface area (Å²) in [5, 5.41) is 0. The third-order valence-electron chi connectivity index (χ3n) is 5.47. The standard InChI is InChI=1S/C23H19.2ClH.Zr/c1-2-9-16(8-1)18-14-7-15-21-19-12-5-6-13-20(19)22(23(18)21)17-10-3-4-11-17;;;/h1,3,5-8,10,12-15,17,22H,2,4,11H2;2*1H;/q-1;;;+3/p-2. The molecule has 0 heterocycles. The first-order chi connectivity index (χ1) is 11.4. The van der Waals surface area contributed by atoms with Gasteiger partial charge in [0.05, 0.1) is 0 Å². The van der Waals surface area contributed by atoms with Crippen molar-refractivity contribution < 1.29 is 51.0 Å². The molecule has 0 saturated heterocycles. The number of rotatable bonds is 2. The molecule has 2 atom stereocenters. The van der Waals surface area contributed by atoms with Crippen LogP contribution in [0.3, 0.4) is 0 Å². The number of hydrogen-bond acceptors (Lipinski definition) is 0. The van der Waals surface area contributed by atoms with Gasteiger partial charge in [-0.3, -0.25) is 0 Å². The summed E-state index contributed by atoms with van der Waals surface area (Å²) in [5.41, 5.74) is 8.56. The van der Waals surface area contributed by atoms with Crippen LogP contribution in [0.15, 0.2) is 66.8 Å². The van der Waals surface area contributed by atoms with Gasteiger partial charge in [0.15, 0.2) is 0 Å². The summed E-state index contributed by atoms with van der Waals surface area (Å²) < 4.78 is 0. The summed E-state index contributed by atoms with van der Waals surface area (Å²) >= 11 is 0. The van der Waals surface area contributed by atoms with Crippen molar-refractivity contribution in [2.45, 2.75) is 25.2 Å². The van der Waals surface area contributed by atoms with Crippen molar-refractivity contribution in [1.29, 1.82) is 0 Å². The molecule has 2 aromatic carbocycles. The van der Waals surface area contributed by atoms with Gasteiger partial charge in [-0.05, 0) is 35.4 Å². The van der Waals surface area contributed by atoms with Crippen LogP contribution in [0, 0.1) is 12.0 Å². The average Bonchev–Trinajstić information content (AvgIpc) is 3.33. The van der Waals surface area contributed by atoms with Crippen LogP contribution in [0.1, 0.15) is 41.9 Å². The van der Waals surface area contributed by atoms with Crippen molar-refractivity contribution in [3.63, 3.8) is 0 Å². The molecule has 0 saturated carbocycles. The summed E-state index contributed by atoms with van der Waals surface area (Å²) in [6.45, 7) is 0. The van der Waals surface area contributed by atoms with Crippen molar-refractivity contribution in [3.05, 3.63) is 89.5 Å². The van der Waals surface area contributed by atoms with Crippen LogP contribution in [0.4, 0.5) is 0 Å². The van der Waals surface area contributed by atoms with Gasteiger partial charge < -0.3 is 24.8 Å². The van der Waals surface area contributed by atoms with E-state index in [1.54, 1.807) is 0 Å². The van der Waals surface area contributed by atoms with E-state index in [1.807, 2.05) is 0 Å². The van der Waals surface area contributed by atoms with Crippen LogP contribution in [-0.2, 0) is 26.2 Å². The van der Waals surface area contributed by atoms with Crippen molar-refractivity contribution in [3.8, 4) is 11.1 Å². The molecular formula is C23H19Cl2Zr. The summed E-state index contributed by atoms with van der Waals surface area (Å²) in [6, 6.07) is 15.8. The van der Waals surface area contributed by atoms with Crippen LogP contribution < -0.4 is 24.8 Å². The van der Waals surface area contributed by atoms with Crippen LogP contribution in [-0.4, -0.2) is 0 Å². The topological polar surface area (TPSA) is 0 Å². The molecule has 3 heteroatoms. The zero-order valence-corrected chi connectivity index (χ0v) is 18.4. The third-order valence-corrected chi connectivity index (χ3v) is 5.47. The first kappa shape index (κ1) is 21.4. The monoisotopic (exact) mass is 455 g/mol. The van der Waals surface area contributed by atoms with Gasteiger partial charge >= 0.3 is 26.2 Å². The van der Waals surface area contributed by atoms with Gasteiger partial charge in [-0.15, -0.1) is 17.7 Å². The number of hydrogen-bond donors (Lipinski definition) is 0. The number of fused-ring (bicyclic) bond motifs is 3. The van der Waals surface area contributed by atoms with Gasteiger partial charge in [-0.25, -0.2) is 0 Å². The van der Waals surface area contributed by atoms with E-state index >= 15 is 0 Å². The predicted molar refractivity (Wildman–Crippen MR) is 96.0 cm³/mol. The quantitative estimate of drug-likeness (QED) is 0.437. The Kier molecular flexibility index (Phi) is 7.31. The molecule has 0 fully saturated rings. The van der Waals surface area contributed by atoms with E-state index in [0.29, 0.717) is 11.8 Å². The summed E-state index contributed by atoms with van der Waals surface area (Å²) in [4.78, 5) is 0. The summed E-state index contributed by atoms with van der Waals surface area (Å²) in [7, 11) is 0. The SMILES string of the molecule is [C-]1=C(c2cccc3c2C(C2C=CCC2)c2ccccc2-3)C=CC1.[Cl-].[Cl-].[Zr+3]. The van der Waals surface area contributed by atoms with E-state index in [-0.39, 0.29) is 51.0 Å². The van der Waals surface area contributed by atoms with Gasteiger partial charge in [0.1, 0.15) is 0 Å². The van der Waals surface area contributed by atoms with Crippen LogP contribution >= 0.6 is 0 Å². The van der Waals surface area contributed by atoms with Crippen molar-refractivity contribution in [1.82, 2.24) is 0 Å². The minimum Gasteiger partial charge on any atom is -1.00 e. The van der Waals surface area contributed by atoms with Crippen LogP contribution in [0.25, 0.3) is 16.7 Å². The Morgan fingerprint density at radius 2 is 1.62 bits per heavy atom.